The van der Waals surface area contributed by atoms with Gasteiger partial charge >= 0.3 is 0 Å². The van der Waals surface area contributed by atoms with Gasteiger partial charge in [0.1, 0.15) is 17.3 Å². The number of nitrogens with zero attached hydrogens (tertiary/aromatic N) is 2. The minimum absolute atomic E-state index is 0.284. The fourth-order valence-electron chi connectivity index (χ4n) is 11.2. The van der Waals surface area contributed by atoms with Gasteiger partial charge in [-0.3, -0.25) is 0 Å². The first kappa shape index (κ1) is 43.5. The van der Waals surface area contributed by atoms with Gasteiger partial charge in [-0.05, 0) is 176 Å². The minimum atomic E-state index is -0.670. The molecule has 1 atom stereocenters. The molecule has 0 N–H and O–H groups in total. The fourth-order valence-corrected chi connectivity index (χ4v) is 11.2. The van der Waals surface area contributed by atoms with Crippen molar-refractivity contribution in [1.82, 2.24) is 4.57 Å². The van der Waals surface area contributed by atoms with E-state index < -0.39 is 5.41 Å². The second kappa shape index (κ2) is 17.7. The molecule has 11 aromatic carbocycles. The molecule has 1 heterocycles. The van der Waals surface area contributed by atoms with Crippen molar-refractivity contribution in [3.05, 3.63) is 301 Å². The summed E-state index contributed by atoms with van der Waals surface area (Å²) in [6.45, 7) is 7.84. The van der Waals surface area contributed by atoms with Crippen molar-refractivity contribution in [2.75, 3.05) is 4.90 Å². The molecule has 13 rings (SSSR count). The summed E-state index contributed by atoms with van der Waals surface area (Å²) >= 11 is 0. The van der Waals surface area contributed by atoms with Gasteiger partial charge in [0.15, 0.2) is 0 Å². The van der Waals surface area contributed by atoms with E-state index in [4.69, 9.17) is 4.74 Å². The van der Waals surface area contributed by atoms with E-state index in [0.717, 1.165) is 89.5 Å². The van der Waals surface area contributed by atoms with Gasteiger partial charge in [-0.15, -0.1) is 0 Å². The number of hydrogen-bond acceptors (Lipinski definition) is 2. The van der Waals surface area contributed by atoms with Gasteiger partial charge in [-0.1, -0.05) is 165 Å². The summed E-state index contributed by atoms with van der Waals surface area (Å²) in [6, 6.07) is 87.0. The molecule has 346 valence electrons. The van der Waals surface area contributed by atoms with Crippen LogP contribution in [0.1, 0.15) is 33.4 Å². The monoisotopic (exact) mass is 938 g/mol. The Labute approximate surface area is 424 Å². The molecule has 12 aromatic rings. The number of fused-ring (bicyclic) bond motifs is 7. The molecule has 0 fully saturated rings. The highest BCUT2D eigenvalue weighted by Gasteiger charge is 2.46. The van der Waals surface area contributed by atoms with Crippen LogP contribution in [0.15, 0.2) is 262 Å². The number of halogens is 1. The van der Waals surface area contributed by atoms with Crippen LogP contribution >= 0.6 is 0 Å². The van der Waals surface area contributed by atoms with E-state index in [1.54, 1.807) is 0 Å². The van der Waals surface area contributed by atoms with E-state index in [2.05, 4.69) is 223 Å². The van der Waals surface area contributed by atoms with Gasteiger partial charge in [-0.2, -0.15) is 0 Å². The van der Waals surface area contributed by atoms with Crippen LogP contribution in [0.5, 0.6) is 11.5 Å². The Kier molecular flexibility index (Phi) is 10.6. The smallest absolute Gasteiger partial charge is 0.127 e. The summed E-state index contributed by atoms with van der Waals surface area (Å²) in [6.07, 6.45) is 3.70. The molecule has 1 aromatic heterocycles. The van der Waals surface area contributed by atoms with Crippen LogP contribution in [0.4, 0.5) is 21.5 Å². The first-order valence-electron chi connectivity index (χ1n) is 24.6. The predicted molar refractivity (Wildman–Crippen MR) is 302 cm³/mol. The molecule has 1 aliphatic rings. The van der Waals surface area contributed by atoms with E-state index in [1.807, 2.05) is 48.6 Å². The van der Waals surface area contributed by atoms with Crippen molar-refractivity contribution in [1.29, 1.82) is 0 Å². The second-order valence-electron chi connectivity index (χ2n) is 18.7. The number of para-hydroxylation sites is 1. The largest absolute Gasteiger partial charge is 0.457 e. The third-order valence-electron chi connectivity index (χ3n) is 14.7. The van der Waals surface area contributed by atoms with Gasteiger partial charge in [0.25, 0.3) is 0 Å². The lowest BCUT2D eigenvalue weighted by atomic mass is 9.67. The Morgan fingerprint density at radius 2 is 0.986 bits per heavy atom. The van der Waals surface area contributed by atoms with Crippen molar-refractivity contribution in [3.63, 3.8) is 0 Å². The zero-order valence-corrected chi connectivity index (χ0v) is 39.9. The third-order valence-corrected chi connectivity index (χ3v) is 14.7. The number of ether oxygens (including phenoxy) is 1. The Hall–Kier alpha value is -9.51. The normalized spacial score (nSPS) is 13.7. The summed E-state index contributed by atoms with van der Waals surface area (Å²) in [4.78, 5) is 2.25. The third kappa shape index (κ3) is 7.34. The molecule has 0 saturated carbocycles. The van der Waals surface area contributed by atoms with Gasteiger partial charge in [-0.25, -0.2) is 4.39 Å². The van der Waals surface area contributed by atoms with Crippen molar-refractivity contribution in [3.8, 4) is 39.4 Å². The van der Waals surface area contributed by atoms with Gasteiger partial charge in [0.05, 0.1) is 16.4 Å². The number of benzene rings is 11. The van der Waals surface area contributed by atoms with Crippen molar-refractivity contribution >= 4 is 61.8 Å². The van der Waals surface area contributed by atoms with E-state index in [-0.39, 0.29) is 5.82 Å². The van der Waals surface area contributed by atoms with Crippen molar-refractivity contribution in [2.45, 2.75) is 5.41 Å². The van der Waals surface area contributed by atoms with Gasteiger partial charge in [0.2, 0.25) is 0 Å². The molecule has 4 heteroatoms. The van der Waals surface area contributed by atoms with Crippen LogP contribution in [0.3, 0.4) is 0 Å². The molecule has 1 aliphatic carbocycles. The molecular formula is C69H47FN2O. The maximum atomic E-state index is 14.8. The first-order valence-corrected chi connectivity index (χ1v) is 24.6. The molecule has 3 nitrogen and oxygen atoms in total. The topological polar surface area (TPSA) is 17.4 Å². The van der Waals surface area contributed by atoms with Crippen molar-refractivity contribution < 1.29 is 9.13 Å². The Balaban J connectivity index is 0.913. The highest BCUT2D eigenvalue weighted by atomic mass is 19.1. The Morgan fingerprint density at radius 3 is 1.75 bits per heavy atom. The second-order valence-corrected chi connectivity index (χ2v) is 18.7. The SMILES string of the molecule is C=Cc1ccc(Oc2ccc(C3(c4ccccc4)c4ccccc4-c4ccc(N(c5ccc(F)cc5)c5ccc6cc(-c7ccc8c(c7)c7ccccc7n8-c7ccc(C=C)cc7)ccc6c5)cc43)cc2)cc1. The van der Waals surface area contributed by atoms with Crippen LogP contribution in [-0.2, 0) is 5.41 Å². The molecular weight excluding hydrogens is 892 g/mol. The molecule has 0 radical (unpaired) electrons. The summed E-state index contributed by atoms with van der Waals surface area (Å²) in [5.74, 6) is 1.23. The fraction of sp³-hybridized carbons (Fsp3) is 0.0145. The Bertz CT molecular complexity index is 4080. The van der Waals surface area contributed by atoms with Gasteiger partial charge < -0.3 is 14.2 Å². The Morgan fingerprint density at radius 1 is 0.425 bits per heavy atom. The van der Waals surface area contributed by atoms with E-state index in [0.29, 0.717) is 0 Å². The zero-order chi connectivity index (χ0) is 49.0. The van der Waals surface area contributed by atoms with Crippen molar-refractivity contribution in [2.24, 2.45) is 0 Å². The average molecular weight is 939 g/mol. The standard InChI is InChI=1S/C69H47FN2O/c1-3-46-18-30-56(31-19-46)72-67-17-11-9-15-63(67)64-44-51(25-41-68(64)72)48-22-23-50-43-57(32-24-49(50)42-48)71(55-33-28-54(70)29-34-55)58-35-40-62-61-14-8-10-16-65(61)69(66(62)45-58,52-12-6-5-7-13-52)53-26-38-60(39-27-53)73-59-36-20-47(4-2)21-37-59/h3-45H,1-2H2. The summed E-state index contributed by atoms with van der Waals surface area (Å²) < 4.78 is 23.5. The first-order chi connectivity index (χ1) is 36.0. The lowest BCUT2D eigenvalue weighted by Crippen LogP contribution is -2.28. The lowest BCUT2D eigenvalue weighted by molar-refractivity contribution is 0.482. The lowest BCUT2D eigenvalue weighted by Gasteiger charge is -2.35. The van der Waals surface area contributed by atoms with Crippen LogP contribution in [0, 0.1) is 5.82 Å². The van der Waals surface area contributed by atoms with Crippen LogP contribution < -0.4 is 9.64 Å². The number of aromatic nitrogens is 1. The summed E-state index contributed by atoms with van der Waals surface area (Å²) in [5, 5.41) is 4.64. The van der Waals surface area contributed by atoms with E-state index >= 15 is 0 Å². The molecule has 1 unspecified atom stereocenters. The predicted octanol–water partition coefficient (Wildman–Crippen LogP) is 18.7. The molecule has 0 aliphatic heterocycles. The number of rotatable bonds is 11. The molecule has 0 bridgehead atoms. The van der Waals surface area contributed by atoms with Gasteiger partial charge in [0, 0.05) is 33.5 Å². The quantitative estimate of drug-likeness (QED) is 0.129. The average Bonchev–Trinajstić information content (AvgIpc) is 3.95. The highest BCUT2D eigenvalue weighted by molar-refractivity contribution is 6.10. The molecule has 0 saturated heterocycles. The van der Waals surface area contributed by atoms with E-state index in [9.17, 15) is 4.39 Å². The van der Waals surface area contributed by atoms with Crippen LogP contribution in [0.2, 0.25) is 0 Å². The molecule has 0 spiro atoms. The van der Waals surface area contributed by atoms with E-state index in [1.165, 1.54) is 45.1 Å². The van der Waals surface area contributed by atoms with Crippen LogP contribution in [-0.4, -0.2) is 4.57 Å². The zero-order valence-electron chi connectivity index (χ0n) is 39.9. The highest BCUT2D eigenvalue weighted by Crippen LogP contribution is 2.57. The summed E-state index contributed by atoms with van der Waals surface area (Å²) in [5.41, 5.74) is 17.0. The molecule has 73 heavy (non-hydrogen) atoms. The summed E-state index contributed by atoms with van der Waals surface area (Å²) in [7, 11) is 0. The number of anilines is 3. The maximum Gasteiger partial charge on any atom is 0.127 e. The molecule has 0 amide bonds. The van der Waals surface area contributed by atoms with Crippen LogP contribution in [0.25, 0.3) is 72.7 Å². The number of hydrogen-bond donors (Lipinski definition) is 0. The maximum absolute atomic E-state index is 14.8. The minimum Gasteiger partial charge on any atom is -0.457 e.